The summed E-state index contributed by atoms with van der Waals surface area (Å²) < 4.78 is 0. The molecule has 1 aliphatic rings. The van der Waals surface area contributed by atoms with Gasteiger partial charge in [0.25, 0.3) is 0 Å². The van der Waals surface area contributed by atoms with Gasteiger partial charge < -0.3 is 10.2 Å². The van der Waals surface area contributed by atoms with Crippen molar-refractivity contribution < 1.29 is 0 Å². The van der Waals surface area contributed by atoms with Crippen molar-refractivity contribution >= 4 is 11.6 Å². The van der Waals surface area contributed by atoms with Gasteiger partial charge in [0, 0.05) is 43.3 Å². The van der Waals surface area contributed by atoms with Crippen molar-refractivity contribution in [2.45, 2.75) is 32.7 Å². The van der Waals surface area contributed by atoms with Crippen LogP contribution in [-0.4, -0.2) is 39.1 Å². The van der Waals surface area contributed by atoms with E-state index in [2.05, 4.69) is 36.2 Å². The van der Waals surface area contributed by atoms with E-state index in [-0.39, 0.29) is 0 Å². The van der Waals surface area contributed by atoms with Crippen molar-refractivity contribution in [2.24, 2.45) is 0 Å². The zero-order valence-corrected chi connectivity index (χ0v) is 12.5. The lowest BCUT2D eigenvalue weighted by atomic mass is 10.1. The molecule has 1 unspecified atom stereocenters. The molecule has 0 aliphatic carbocycles. The van der Waals surface area contributed by atoms with Crippen LogP contribution in [-0.2, 0) is 0 Å². The number of hydrogen-bond donors (Lipinski definition) is 1. The predicted octanol–water partition coefficient (Wildman–Crippen LogP) is 1.96. The van der Waals surface area contributed by atoms with E-state index in [1.807, 2.05) is 13.8 Å². The van der Waals surface area contributed by atoms with Gasteiger partial charge in [0.15, 0.2) is 0 Å². The summed E-state index contributed by atoms with van der Waals surface area (Å²) >= 11 is 0. The summed E-state index contributed by atoms with van der Waals surface area (Å²) in [4.78, 5) is 19.6. The van der Waals surface area contributed by atoms with Gasteiger partial charge in [-0.15, -0.1) is 0 Å². The first kappa shape index (κ1) is 13.7. The van der Waals surface area contributed by atoms with E-state index >= 15 is 0 Å². The van der Waals surface area contributed by atoms with E-state index in [9.17, 15) is 0 Å². The maximum atomic E-state index is 4.56. The highest BCUT2D eigenvalue weighted by atomic mass is 15.2. The summed E-state index contributed by atoms with van der Waals surface area (Å²) in [7, 11) is 0. The largest absolute Gasteiger partial charge is 0.364 e. The van der Waals surface area contributed by atoms with E-state index in [0.29, 0.717) is 6.04 Å². The molecule has 110 valence electrons. The molecule has 21 heavy (non-hydrogen) atoms. The van der Waals surface area contributed by atoms with Crippen LogP contribution in [0.1, 0.15) is 24.4 Å². The highest BCUT2D eigenvalue weighted by Crippen LogP contribution is 2.20. The molecule has 1 aliphatic heterocycles. The van der Waals surface area contributed by atoms with Gasteiger partial charge in [-0.3, -0.25) is 4.98 Å². The van der Waals surface area contributed by atoms with E-state index in [1.54, 1.807) is 18.6 Å². The van der Waals surface area contributed by atoms with Crippen molar-refractivity contribution in [1.29, 1.82) is 0 Å². The molecule has 1 N–H and O–H groups in total. The maximum absolute atomic E-state index is 4.56. The Kier molecular flexibility index (Phi) is 3.94. The van der Waals surface area contributed by atoms with Gasteiger partial charge in [-0.2, -0.15) is 0 Å². The molecule has 2 aromatic heterocycles. The summed E-state index contributed by atoms with van der Waals surface area (Å²) in [6.07, 6.45) is 7.43. The van der Waals surface area contributed by atoms with Crippen LogP contribution < -0.4 is 10.2 Å². The summed E-state index contributed by atoms with van der Waals surface area (Å²) in [6.45, 7) is 5.91. The Hall–Kier alpha value is -2.24. The summed E-state index contributed by atoms with van der Waals surface area (Å²) in [5.41, 5.74) is 1.02. The third-order valence-corrected chi connectivity index (χ3v) is 3.61. The van der Waals surface area contributed by atoms with Crippen LogP contribution in [0, 0.1) is 13.8 Å². The van der Waals surface area contributed by atoms with E-state index in [4.69, 9.17) is 0 Å². The first-order valence-electron chi connectivity index (χ1n) is 7.30. The first-order valence-corrected chi connectivity index (χ1v) is 7.30. The van der Waals surface area contributed by atoms with Crippen LogP contribution in [0.5, 0.6) is 0 Å². The Balaban J connectivity index is 1.70. The average molecular weight is 284 g/mol. The third kappa shape index (κ3) is 3.45. The van der Waals surface area contributed by atoms with Crippen LogP contribution in [0.2, 0.25) is 0 Å². The normalized spacial score (nSPS) is 18.6. The molecule has 3 heterocycles. The standard InChI is InChI=1S/C15H20N6/c1-11-8-15(19-12(2)18-11)21-7-3-4-13(10-21)20-14-9-16-5-6-17-14/h5-6,8-9,13H,3-4,7,10H2,1-2H3,(H,17,20). The molecule has 1 atom stereocenters. The number of anilines is 2. The summed E-state index contributed by atoms with van der Waals surface area (Å²) in [5, 5.41) is 3.45. The van der Waals surface area contributed by atoms with Crippen LogP contribution in [0.15, 0.2) is 24.7 Å². The fourth-order valence-electron chi connectivity index (χ4n) is 2.75. The summed E-state index contributed by atoms with van der Waals surface area (Å²) in [5.74, 6) is 2.68. The number of nitrogens with one attached hydrogen (secondary N) is 1. The molecule has 6 nitrogen and oxygen atoms in total. The molecule has 6 heteroatoms. The number of piperidine rings is 1. The zero-order chi connectivity index (χ0) is 14.7. The number of nitrogens with zero attached hydrogens (tertiary/aromatic N) is 5. The highest BCUT2D eigenvalue weighted by molar-refractivity contribution is 5.42. The summed E-state index contributed by atoms with van der Waals surface area (Å²) in [6, 6.07) is 2.42. The van der Waals surface area contributed by atoms with Crippen LogP contribution in [0.25, 0.3) is 0 Å². The maximum Gasteiger partial charge on any atom is 0.144 e. The minimum Gasteiger partial charge on any atom is -0.364 e. The lowest BCUT2D eigenvalue weighted by Crippen LogP contribution is -2.42. The molecule has 2 aromatic rings. The van der Waals surface area contributed by atoms with Crippen LogP contribution >= 0.6 is 0 Å². The van der Waals surface area contributed by atoms with Crippen molar-refractivity contribution in [3.05, 3.63) is 36.2 Å². The Morgan fingerprint density at radius 2 is 2.14 bits per heavy atom. The van der Waals surface area contributed by atoms with Gasteiger partial charge in [0.2, 0.25) is 0 Å². The molecular weight excluding hydrogens is 264 g/mol. The number of aryl methyl sites for hydroxylation is 2. The van der Waals surface area contributed by atoms with Gasteiger partial charge in [-0.1, -0.05) is 0 Å². The topological polar surface area (TPSA) is 66.8 Å². The molecule has 3 rings (SSSR count). The smallest absolute Gasteiger partial charge is 0.144 e. The Labute approximate surface area is 124 Å². The average Bonchev–Trinajstić information content (AvgIpc) is 2.47. The molecule has 1 saturated heterocycles. The first-order chi connectivity index (χ1) is 10.2. The van der Waals surface area contributed by atoms with Crippen molar-refractivity contribution in [3.8, 4) is 0 Å². The molecule has 0 amide bonds. The lowest BCUT2D eigenvalue weighted by Gasteiger charge is -2.34. The molecule has 0 spiro atoms. The van der Waals surface area contributed by atoms with Gasteiger partial charge in [-0.25, -0.2) is 15.0 Å². The third-order valence-electron chi connectivity index (χ3n) is 3.61. The molecule has 0 saturated carbocycles. The zero-order valence-electron chi connectivity index (χ0n) is 12.5. The van der Waals surface area contributed by atoms with Crippen molar-refractivity contribution in [2.75, 3.05) is 23.3 Å². The number of aromatic nitrogens is 4. The number of rotatable bonds is 3. The van der Waals surface area contributed by atoms with E-state index < -0.39 is 0 Å². The fraction of sp³-hybridized carbons (Fsp3) is 0.467. The molecule has 0 aromatic carbocycles. The fourth-order valence-corrected chi connectivity index (χ4v) is 2.75. The molecule has 1 fully saturated rings. The Bertz CT molecular complexity index is 580. The van der Waals surface area contributed by atoms with Crippen molar-refractivity contribution in [1.82, 2.24) is 19.9 Å². The molecule has 0 bridgehead atoms. The van der Waals surface area contributed by atoms with Crippen LogP contribution in [0.4, 0.5) is 11.6 Å². The minimum atomic E-state index is 0.367. The lowest BCUT2D eigenvalue weighted by molar-refractivity contribution is 0.524. The monoisotopic (exact) mass is 284 g/mol. The SMILES string of the molecule is Cc1cc(N2CCCC(Nc3cnccn3)C2)nc(C)n1. The highest BCUT2D eigenvalue weighted by Gasteiger charge is 2.21. The van der Waals surface area contributed by atoms with Gasteiger partial charge in [0.05, 0.1) is 6.20 Å². The predicted molar refractivity (Wildman–Crippen MR) is 82.4 cm³/mol. The van der Waals surface area contributed by atoms with Crippen LogP contribution in [0.3, 0.4) is 0 Å². The quantitative estimate of drug-likeness (QED) is 0.929. The second-order valence-corrected chi connectivity index (χ2v) is 5.43. The molecule has 0 radical (unpaired) electrons. The van der Waals surface area contributed by atoms with E-state index in [1.165, 1.54) is 0 Å². The second kappa shape index (κ2) is 6.03. The minimum absolute atomic E-state index is 0.367. The number of hydrogen-bond acceptors (Lipinski definition) is 6. The van der Waals surface area contributed by atoms with Gasteiger partial charge >= 0.3 is 0 Å². The van der Waals surface area contributed by atoms with Crippen molar-refractivity contribution in [3.63, 3.8) is 0 Å². The van der Waals surface area contributed by atoms with Gasteiger partial charge in [-0.05, 0) is 26.7 Å². The van der Waals surface area contributed by atoms with E-state index in [0.717, 1.165) is 49.1 Å². The Morgan fingerprint density at radius 3 is 2.90 bits per heavy atom. The second-order valence-electron chi connectivity index (χ2n) is 5.43. The van der Waals surface area contributed by atoms with Gasteiger partial charge in [0.1, 0.15) is 17.5 Å². The Morgan fingerprint density at radius 1 is 1.24 bits per heavy atom. The molecular formula is C15H20N6.